The molecule has 1 aromatic heterocycles. The number of rotatable bonds is 8. The third kappa shape index (κ3) is 5.54. The molecule has 1 fully saturated rings. The quantitative estimate of drug-likeness (QED) is 0.297. The van der Waals surface area contributed by atoms with Crippen molar-refractivity contribution >= 4 is 5.91 Å². The Balaban J connectivity index is 1.57. The predicted octanol–water partition coefficient (Wildman–Crippen LogP) is 5.98. The van der Waals surface area contributed by atoms with Crippen LogP contribution in [-0.4, -0.2) is 39.8 Å². The van der Waals surface area contributed by atoms with Gasteiger partial charge in [0.2, 0.25) is 5.88 Å². The van der Waals surface area contributed by atoms with Gasteiger partial charge in [-0.15, -0.1) is 0 Å². The van der Waals surface area contributed by atoms with E-state index in [2.05, 4.69) is 0 Å². The lowest BCUT2D eigenvalue weighted by molar-refractivity contribution is 0.0502. The molecule has 0 N–H and O–H groups in total. The fourth-order valence-corrected chi connectivity index (χ4v) is 4.51. The second-order valence-electron chi connectivity index (χ2n) is 8.98. The van der Waals surface area contributed by atoms with Crippen molar-refractivity contribution in [3.63, 3.8) is 0 Å². The molecule has 1 atom stereocenters. The molecule has 2 heterocycles. The second kappa shape index (κ2) is 10.9. The number of aryl methyl sites for hydroxylation is 1. The van der Waals surface area contributed by atoms with Crippen molar-refractivity contribution in [2.75, 3.05) is 13.2 Å². The van der Waals surface area contributed by atoms with Crippen molar-refractivity contribution in [2.24, 2.45) is 7.05 Å². The molecular formula is C29H27F2N3O3. The smallest absolute Gasteiger partial charge is 0.257 e. The largest absolute Gasteiger partial charge is 0.439 e. The van der Waals surface area contributed by atoms with Crippen LogP contribution in [0.5, 0.6) is 11.6 Å². The zero-order chi connectivity index (χ0) is 25.8. The van der Waals surface area contributed by atoms with E-state index in [1.807, 2.05) is 30.3 Å². The summed E-state index contributed by atoms with van der Waals surface area (Å²) in [6.45, 7) is 1.04. The van der Waals surface area contributed by atoms with Gasteiger partial charge in [-0.05, 0) is 49.2 Å². The lowest BCUT2D eigenvalue weighted by Gasteiger charge is -2.26. The number of amides is 1. The van der Waals surface area contributed by atoms with E-state index in [1.54, 1.807) is 28.8 Å². The Bertz CT molecular complexity index is 1370. The van der Waals surface area contributed by atoms with Gasteiger partial charge in [0, 0.05) is 25.8 Å². The molecule has 5 rings (SSSR count). The first-order chi connectivity index (χ1) is 18.0. The number of nitrogens with zero attached hydrogens (tertiary/aromatic N) is 3. The van der Waals surface area contributed by atoms with Crippen molar-refractivity contribution in [3.8, 4) is 22.9 Å². The number of halogens is 2. The number of carbonyl (C=O) groups excluding carboxylic acids is 1. The first kappa shape index (κ1) is 24.6. The number of hydrogen-bond donors (Lipinski definition) is 0. The first-order valence-electron chi connectivity index (χ1n) is 12.2. The van der Waals surface area contributed by atoms with Crippen LogP contribution in [0.2, 0.25) is 0 Å². The molecule has 1 aliphatic rings. The van der Waals surface area contributed by atoms with E-state index in [0.29, 0.717) is 36.0 Å². The molecular weight excluding hydrogens is 476 g/mol. The number of ether oxygens (including phenoxy) is 2. The van der Waals surface area contributed by atoms with Gasteiger partial charge in [-0.3, -0.25) is 4.79 Å². The summed E-state index contributed by atoms with van der Waals surface area (Å²) in [6, 6.07) is 21.2. The van der Waals surface area contributed by atoms with Gasteiger partial charge in [0.05, 0.1) is 23.8 Å². The lowest BCUT2D eigenvalue weighted by atomic mass is 10.1. The Labute approximate surface area is 214 Å². The molecule has 0 radical (unpaired) electrons. The maximum absolute atomic E-state index is 14.6. The highest BCUT2D eigenvalue weighted by molar-refractivity contribution is 5.94. The van der Waals surface area contributed by atoms with E-state index in [4.69, 9.17) is 14.6 Å². The van der Waals surface area contributed by atoms with Gasteiger partial charge in [-0.2, -0.15) is 5.10 Å². The molecule has 37 heavy (non-hydrogen) atoms. The summed E-state index contributed by atoms with van der Waals surface area (Å²) < 4.78 is 41.7. The molecule has 0 bridgehead atoms. The molecule has 0 saturated carbocycles. The number of hydrogen-bond acceptors (Lipinski definition) is 4. The summed E-state index contributed by atoms with van der Waals surface area (Å²) in [5, 5.41) is 4.70. The average molecular weight is 504 g/mol. The lowest BCUT2D eigenvalue weighted by Crippen LogP contribution is -2.37. The molecule has 8 heteroatoms. The summed E-state index contributed by atoms with van der Waals surface area (Å²) in [5.74, 6) is -0.562. The zero-order valence-electron chi connectivity index (χ0n) is 20.4. The summed E-state index contributed by atoms with van der Waals surface area (Å²) >= 11 is 0. The number of benzene rings is 3. The predicted molar refractivity (Wildman–Crippen MR) is 135 cm³/mol. The molecule has 0 aliphatic carbocycles. The van der Waals surface area contributed by atoms with Crippen molar-refractivity contribution in [1.29, 1.82) is 0 Å². The monoisotopic (exact) mass is 503 g/mol. The maximum atomic E-state index is 14.6. The van der Waals surface area contributed by atoms with Crippen LogP contribution >= 0.6 is 0 Å². The summed E-state index contributed by atoms with van der Waals surface area (Å²) in [7, 11) is 1.75. The summed E-state index contributed by atoms with van der Waals surface area (Å²) in [5.41, 5.74) is 2.13. The maximum Gasteiger partial charge on any atom is 0.257 e. The average Bonchev–Trinajstić information content (AvgIpc) is 3.53. The van der Waals surface area contributed by atoms with Gasteiger partial charge in [0.15, 0.2) is 0 Å². The Morgan fingerprint density at radius 3 is 2.49 bits per heavy atom. The molecule has 190 valence electrons. The minimum atomic E-state index is -0.581. The van der Waals surface area contributed by atoms with Crippen LogP contribution in [0.25, 0.3) is 11.3 Å². The van der Waals surface area contributed by atoms with E-state index in [9.17, 15) is 13.6 Å². The molecule has 4 aromatic rings. The van der Waals surface area contributed by atoms with E-state index >= 15 is 0 Å². The van der Waals surface area contributed by atoms with E-state index in [0.717, 1.165) is 18.4 Å². The van der Waals surface area contributed by atoms with E-state index in [-0.39, 0.29) is 24.0 Å². The van der Waals surface area contributed by atoms with Crippen LogP contribution in [0, 0.1) is 11.6 Å². The van der Waals surface area contributed by atoms with Gasteiger partial charge in [-0.25, -0.2) is 13.5 Å². The first-order valence-corrected chi connectivity index (χ1v) is 12.2. The molecule has 6 nitrogen and oxygen atoms in total. The molecule has 0 spiro atoms. The van der Waals surface area contributed by atoms with Crippen LogP contribution in [-0.2, 0) is 18.3 Å². The second-order valence-corrected chi connectivity index (χ2v) is 8.98. The normalized spacial score (nSPS) is 15.1. The van der Waals surface area contributed by atoms with Crippen molar-refractivity contribution < 1.29 is 23.0 Å². The Hall–Kier alpha value is -4.04. The molecule has 1 aliphatic heterocycles. The van der Waals surface area contributed by atoms with Crippen LogP contribution < -0.4 is 4.74 Å². The summed E-state index contributed by atoms with van der Waals surface area (Å²) in [4.78, 5) is 15.2. The third-order valence-electron chi connectivity index (χ3n) is 6.35. The highest BCUT2D eigenvalue weighted by atomic mass is 19.1. The van der Waals surface area contributed by atoms with Gasteiger partial charge in [0.1, 0.15) is 23.1 Å². The standard InChI is InChI=1S/C29H27F2N3O3/c1-33-29(37-22-15-13-21(30)14-16-22)25(27(32-33)20-8-3-2-4-9-20)19-34(18-23-10-7-17-36-23)28(35)24-11-5-6-12-26(24)31/h2-6,8-9,11-16,23H,7,10,17-19H2,1H3. The summed E-state index contributed by atoms with van der Waals surface area (Å²) in [6.07, 6.45) is 1.58. The Morgan fingerprint density at radius 2 is 1.78 bits per heavy atom. The highest BCUT2D eigenvalue weighted by Crippen LogP contribution is 2.35. The SMILES string of the molecule is Cn1nc(-c2ccccc2)c(CN(CC2CCCO2)C(=O)c2ccccc2F)c1Oc1ccc(F)cc1. The minimum Gasteiger partial charge on any atom is -0.439 e. The van der Waals surface area contributed by atoms with Crippen LogP contribution in [0.15, 0.2) is 78.9 Å². The fourth-order valence-electron chi connectivity index (χ4n) is 4.51. The molecule has 1 amide bonds. The van der Waals surface area contributed by atoms with E-state index < -0.39 is 11.7 Å². The number of aromatic nitrogens is 2. The van der Waals surface area contributed by atoms with E-state index in [1.165, 1.54) is 36.4 Å². The van der Waals surface area contributed by atoms with Crippen LogP contribution in [0.3, 0.4) is 0 Å². The number of carbonyl (C=O) groups is 1. The van der Waals surface area contributed by atoms with Gasteiger partial charge in [-0.1, -0.05) is 42.5 Å². The fraction of sp³-hybridized carbons (Fsp3) is 0.241. The van der Waals surface area contributed by atoms with Gasteiger partial charge < -0.3 is 14.4 Å². The topological polar surface area (TPSA) is 56.6 Å². The third-order valence-corrected chi connectivity index (χ3v) is 6.35. The van der Waals surface area contributed by atoms with Crippen molar-refractivity contribution in [2.45, 2.75) is 25.5 Å². The van der Waals surface area contributed by atoms with Gasteiger partial charge >= 0.3 is 0 Å². The van der Waals surface area contributed by atoms with Crippen LogP contribution in [0.1, 0.15) is 28.8 Å². The van der Waals surface area contributed by atoms with Crippen molar-refractivity contribution in [3.05, 3.63) is 102 Å². The molecule has 3 aromatic carbocycles. The molecule has 1 saturated heterocycles. The minimum absolute atomic E-state index is 0.00773. The zero-order valence-corrected chi connectivity index (χ0v) is 20.4. The molecule has 1 unspecified atom stereocenters. The Kier molecular flexibility index (Phi) is 7.28. The van der Waals surface area contributed by atoms with Gasteiger partial charge in [0.25, 0.3) is 5.91 Å². The van der Waals surface area contributed by atoms with Crippen LogP contribution in [0.4, 0.5) is 8.78 Å². The highest BCUT2D eigenvalue weighted by Gasteiger charge is 2.29. The Morgan fingerprint density at radius 1 is 1.05 bits per heavy atom. The van der Waals surface area contributed by atoms with Crippen molar-refractivity contribution in [1.82, 2.24) is 14.7 Å².